The minimum absolute atomic E-state index is 0.00540. The molecule has 2 saturated heterocycles. The predicted octanol–water partition coefficient (Wildman–Crippen LogP) is 3.35. The third kappa shape index (κ3) is 8.53. The summed E-state index contributed by atoms with van der Waals surface area (Å²) < 4.78 is 5.60. The molecule has 3 aromatic heterocycles. The summed E-state index contributed by atoms with van der Waals surface area (Å²) in [6, 6.07) is 9.31. The van der Waals surface area contributed by atoms with E-state index in [-0.39, 0.29) is 40.7 Å². The molecule has 17 nitrogen and oxygen atoms in total. The Balaban J connectivity index is 0.782. The molecule has 4 aliphatic rings. The number of carbonyl (C=O) groups is 2. The molecule has 0 saturated carbocycles. The number of piperazine rings is 1. The van der Waals surface area contributed by atoms with Crippen molar-refractivity contribution >= 4 is 23.6 Å². The second kappa shape index (κ2) is 17.0. The van der Waals surface area contributed by atoms with Crippen molar-refractivity contribution in [3.8, 4) is 22.9 Å². The van der Waals surface area contributed by atoms with Gasteiger partial charge in [0.2, 0.25) is 5.95 Å². The summed E-state index contributed by atoms with van der Waals surface area (Å²) in [4.78, 5) is 65.1. The van der Waals surface area contributed by atoms with Gasteiger partial charge in [0, 0.05) is 96.0 Å². The second-order valence-electron chi connectivity index (χ2n) is 16.5. The summed E-state index contributed by atoms with van der Waals surface area (Å²) in [6.45, 7) is 13.3. The Labute approximate surface area is 353 Å². The van der Waals surface area contributed by atoms with Crippen molar-refractivity contribution < 1.29 is 24.5 Å². The normalized spacial score (nSPS) is 17.1. The molecule has 17 heteroatoms. The van der Waals surface area contributed by atoms with Crippen molar-refractivity contribution in [2.45, 2.75) is 58.9 Å². The van der Waals surface area contributed by atoms with Gasteiger partial charge in [-0.1, -0.05) is 32.0 Å². The van der Waals surface area contributed by atoms with Crippen LogP contribution >= 0.6 is 0 Å². The Bertz CT molecular complexity index is 2430. The van der Waals surface area contributed by atoms with Gasteiger partial charge in [0.1, 0.15) is 23.0 Å². The van der Waals surface area contributed by atoms with Crippen molar-refractivity contribution in [3.63, 3.8) is 0 Å². The minimum atomic E-state index is -0.248. The van der Waals surface area contributed by atoms with E-state index in [1.807, 2.05) is 13.8 Å². The Hall–Kier alpha value is -6.30. The van der Waals surface area contributed by atoms with Crippen LogP contribution in [0.2, 0.25) is 0 Å². The van der Waals surface area contributed by atoms with Crippen LogP contribution in [0.4, 0.5) is 11.8 Å². The van der Waals surface area contributed by atoms with Crippen LogP contribution in [0.15, 0.2) is 55.1 Å². The lowest BCUT2D eigenvalue weighted by Crippen LogP contribution is -2.45. The SMILES string of the molecule is CC(C)c1cc(C(=O)N2Cc3ccc(CN4CCN(Cc5cnc(C(=O)N6CCc7c(nc(-c8cnc(N)nc8)nc7N7CCOCC7)C6)cn5)CC4)cc3C2)c(O)cc1O. The van der Waals surface area contributed by atoms with Gasteiger partial charge in [-0.3, -0.25) is 24.4 Å². The van der Waals surface area contributed by atoms with Gasteiger partial charge in [0.05, 0.1) is 54.7 Å². The number of hydrogen-bond donors (Lipinski definition) is 3. The molecule has 0 bridgehead atoms. The molecule has 0 atom stereocenters. The van der Waals surface area contributed by atoms with Crippen LogP contribution in [0.3, 0.4) is 0 Å². The minimum Gasteiger partial charge on any atom is -0.508 e. The topological polar surface area (TPSA) is 203 Å². The molecular weight excluding hydrogens is 777 g/mol. The molecule has 9 rings (SSSR count). The molecule has 4 aliphatic heterocycles. The van der Waals surface area contributed by atoms with E-state index >= 15 is 0 Å². The molecule has 316 valence electrons. The highest BCUT2D eigenvalue weighted by Gasteiger charge is 2.31. The first-order valence-corrected chi connectivity index (χ1v) is 20.9. The molecule has 61 heavy (non-hydrogen) atoms. The Morgan fingerprint density at radius 1 is 0.754 bits per heavy atom. The lowest BCUT2D eigenvalue weighted by Gasteiger charge is -2.34. The molecule has 0 unspecified atom stereocenters. The van der Waals surface area contributed by atoms with E-state index in [1.54, 1.807) is 40.7 Å². The molecule has 2 amide bonds. The lowest BCUT2D eigenvalue weighted by atomic mass is 9.98. The number of anilines is 2. The number of ether oxygens (including phenoxy) is 1. The van der Waals surface area contributed by atoms with E-state index in [1.165, 1.54) is 11.6 Å². The average Bonchev–Trinajstić information content (AvgIpc) is 3.70. The fraction of sp³-hybridized carbons (Fsp3) is 0.409. The summed E-state index contributed by atoms with van der Waals surface area (Å²) >= 11 is 0. The van der Waals surface area contributed by atoms with Crippen LogP contribution in [0.1, 0.15) is 79.8 Å². The first-order chi connectivity index (χ1) is 29.6. The van der Waals surface area contributed by atoms with Crippen molar-refractivity contribution in [2.75, 3.05) is 69.7 Å². The fourth-order valence-electron chi connectivity index (χ4n) is 8.59. The summed E-state index contributed by atoms with van der Waals surface area (Å²) in [5.74, 6) is 0.878. The molecule has 0 aliphatic carbocycles. The van der Waals surface area contributed by atoms with Crippen LogP contribution in [-0.2, 0) is 43.9 Å². The first kappa shape index (κ1) is 40.1. The molecule has 0 spiro atoms. The number of phenolic OH excluding ortho intramolecular Hbond substituents is 2. The van der Waals surface area contributed by atoms with Gasteiger partial charge in [0.15, 0.2) is 5.82 Å². The Kier molecular flexibility index (Phi) is 11.2. The number of nitrogen functional groups attached to an aromatic ring is 1. The second-order valence-corrected chi connectivity index (χ2v) is 16.5. The number of phenols is 2. The van der Waals surface area contributed by atoms with Crippen LogP contribution in [0, 0.1) is 0 Å². The third-order valence-corrected chi connectivity index (χ3v) is 12.0. The zero-order chi connectivity index (χ0) is 42.2. The maximum absolute atomic E-state index is 13.8. The number of fused-ring (bicyclic) bond motifs is 2. The van der Waals surface area contributed by atoms with E-state index in [0.29, 0.717) is 75.0 Å². The van der Waals surface area contributed by atoms with Gasteiger partial charge in [-0.25, -0.2) is 24.9 Å². The van der Waals surface area contributed by atoms with Crippen LogP contribution in [0.25, 0.3) is 11.4 Å². The predicted molar refractivity (Wildman–Crippen MR) is 225 cm³/mol. The van der Waals surface area contributed by atoms with E-state index in [0.717, 1.165) is 79.7 Å². The lowest BCUT2D eigenvalue weighted by molar-refractivity contribution is 0.0723. The number of morpholine rings is 1. The van der Waals surface area contributed by atoms with Crippen LogP contribution in [-0.4, -0.2) is 131 Å². The van der Waals surface area contributed by atoms with Crippen molar-refractivity contribution in [1.29, 1.82) is 0 Å². The van der Waals surface area contributed by atoms with E-state index in [9.17, 15) is 19.8 Å². The number of amides is 2. The number of aromatic hydroxyl groups is 2. The first-order valence-electron chi connectivity index (χ1n) is 20.9. The zero-order valence-corrected chi connectivity index (χ0v) is 34.5. The molecular formula is C44H50N12O5. The fourth-order valence-corrected chi connectivity index (χ4v) is 8.59. The summed E-state index contributed by atoms with van der Waals surface area (Å²) in [7, 11) is 0. The van der Waals surface area contributed by atoms with E-state index in [4.69, 9.17) is 20.4 Å². The molecule has 0 radical (unpaired) electrons. The van der Waals surface area contributed by atoms with Gasteiger partial charge >= 0.3 is 0 Å². The number of nitrogens with zero attached hydrogens (tertiary/aromatic N) is 11. The molecule has 7 heterocycles. The van der Waals surface area contributed by atoms with Crippen molar-refractivity contribution in [3.05, 3.63) is 106 Å². The smallest absolute Gasteiger partial charge is 0.274 e. The summed E-state index contributed by atoms with van der Waals surface area (Å²) in [5, 5.41) is 20.8. The zero-order valence-electron chi connectivity index (χ0n) is 34.5. The third-order valence-electron chi connectivity index (χ3n) is 12.0. The maximum Gasteiger partial charge on any atom is 0.274 e. The summed E-state index contributed by atoms with van der Waals surface area (Å²) in [6.07, 6.45) is 7.13. The number of hydrogen-bond acceptors (Lipinski definition) is 15. The van der Waals surface area contributed by atoms with Crippen molar-refractivity contribution in [2.24, 2.45) is 0 Å². The highest BCUT2D eigenvalue weighted by atomic mass is 16.5. The maximum atomic E-state index is 13.8. The largest absolute Gasteiger partial charge is 0.508 e. The van der Waals surface area contributed by atoms with Crippen molar-refractivity contribution in [1.82, 2.24) is 49.5 Å². The summed E-state index contributed by atoms with van der Waals surface area (Å²) in [5.41, 5.74) is 13.6. The van der Waals surface area contributed by atoms with Gasteiger partial charge in [-0.15, -0.1) is 0 Å². The monoisotopic (exact) mass is 826 g/mol. The molecule has 2 aromatic carbocycles. The van der Waals surface area contributed by atoms with Crippen LogP contribution in [0.5, 0.6) is 11.5 Å². The van der Waals surface area contributed by atoms with Gasteiger partial charge in [-0.05, 0) is 40.7 Å². The van der Waals surface area contributed by atoms with Gasteiger partial charge in [-0.2, -0.15) is 0 Å². The Morgan fingerprint density at radius 2 is 1.49 bits per heavy atom. The molecule has 5 aromatic rings. The Morgan fingerprint density at radius 3 is 2.21 bits per heavy atom. The number of benzene rings is 2. The number of carbonyl (C=O) groups excluding carboxylic acids is 2. The quantitative estimate of drug-likeness (QED) is 0.195. The average molecular weight is 827 g/mol. The van der Waals surface area contributed by atoms with Crippen LogP contribution < -0.4 is 10.6 Å². The molecule has 2 fully saturated rings. The van der Waals surface area contributed by atoms with E-state index in [2.05, 4.69) is 52.8 Å². The van der Waals surface area contributed by atoms with E-state index < -0.39 is 0 Å². The highest BCUT2D eigenvalue weighted by Crippen LogP contribution is 2.35. The van der Waals surface area contributed by atoms with Gasteiger partial charge < -0.3 is 35.4 Å². The number of rotatable bonds is 9. The standard InChI is InChI=1S/C44H50N12O5/c1-27(2)34-16-35(39(58)17-38(34)57)42(59)56-23-29-4-3-28(15-30(29)24-56)22-52-7-9-53(10-8-52)25-32-20-47-36(21-46-32)43(60)55-6-5-33-37(26-55)50-40(31-18-48-44(45)49-19-31)51-41(33)54-11-13-61-14-12-54/h3-4,15-21,27,57-58H,5-14,22-26H2,1-2H3,(H2,45,48,49). The number of nitrogens with two attached hydrogens (primary N) is 1. The van der Waals surface area contributed by atoms with Gasteiger partial charge in [0.25, 0.3) is 11.8 Å². The number of aromatic nitrogens is 6. The highest BCUT2D eigenvalue weighted by molar-refractivity contribution is 5.97. The molecule has 4 N–H and O–H groups in total.